The van der Waals surface area contributed by atoms with Gasteiger partial charge in [0.25, 0.3) is 5.91 Å². The molecule has 1 amide bonds. The highest BCUT2D eigenvalue weighted by Crippen LogP contribution is 2.22. The fraction of sp³-hybridized carbons (Fsp3) is 0.538. The van der Waals surface area contributed by atoms with Crippen LogP contribution in [0.3, 0.4) is 0 Å². The van der Waals surface area contributed by atoms with Crippen LogP contribution in [0.2, 0.25) is 0 Å². The normalized spacial score (nSPS) is 16.3. The average molecular weight is 248 g/mol. The van der Waals surface area contributed by atoms with Gasteiger partial charge in [0.1, 0.15) is 11.5 Å². The van der Waals surface area contributed by atoms with Crippen LogP contribution >= 0.6 is 0 Å². The fourth-order valence-electron chi connectivity index (χ4n) is 2.45. The summed E-state index contributed by atoms with van der Waals surface area (Å²) in [6, 6.07) is 5.59. The predicted molar refractivity (Wildman–Crippen MR) is 71.0 cm³/mol. The second-order valence-electron chi connectivity index (χ2n) is 4.76. The van der Waals surface area contributed by atoms with Gasteiger partial charge >= 0.3 is 0 Å². The molecule has 18 heavy (non-hydrogen) atoms. The first-order valence-corrected chi connectivity index (χ1v) is 6.43. The van der Waals surface area contributed by atoms with E-state index in [0.29, 0.717) is 17.6 Å². The standard InChI is InChI=1S/C13H20N4O/c1-17(10-6-3-2-4-7-10)13(18)11-8-5-9-12(15-11)16-14/h5,8-10H,2-4,6-7,14H2,1H3,(H,15,16). The maximum absolute atomic E-state index is 12.3. The lowest BCUT2D eigenvalue weighted by molar-refractivity contribution is 0.0690. The molecule has 5 nitrogen and oxygen atoms in total. The summed E-state index contributed by atoms with van der Waals surface area (Å²) in [6.07, 6.45) is 5.89. The van der Waals surface area contributed by atoms with Crippen molar-refractivity contribution in [2.75, 3.05) is 12.5 Å². The summed E-state index contributed by atoms with van der Waals surface area (Å²) < 4.78 is 0. The largest absolute Gasteiger partial charge is 0.337 e. The molecule has 1 heterocycles. The van der Waals surface area contributed by atoms with Crippen molar-refractivity contribution >= 4 is 11.7 Å². The Hall–Kier alpha value is -1.62. The van der Waals surface area contributed by atoms with Gasteiger partial charge in [0.15, 0.2) is 0 Å². The van der Waals surface area contributed by atoms with E-state index in [9.17, 15) is 4.79 Å². The molecule has 0 saturated heterocycles. The highest BCUT2D eigenvalue weighted by atomic mass is 16.2. The predicted octanol–water partition coefficient (Wildman–Crippen LogP) is 1.77. The highest BCUT2D eigenvalue weighted by Gasteiger charge is 2.23. The van der Waals surface area contributed by atoms with E-state index in [4.69, 9.17) is 5.84 Å². The number of carbonyl (C=O) groups excluding carboxylic acids is 1. The third-order valence-corrected chi connectivity index (χ3v) is 3.56. The number of nitrogens with one attached hydrogen (secondary N) is 1. The summed E-state index contributed by atoms with van der Waals surface area (Å²) in [5, 5.41) is 0. The number of hydrogen-bond acceptors (Lipinski definition) is 4. The minimum Gasteiger partial charge on any atom is -0.337 e. The van der Waals surface area contributed by atoms with Crippen LogP contribution < -0.4 is 11.3 Å². The lowest BCUT2D eigenvalue weighted by Gasteiger charge is -2.31. The minimum absolute atomic E-state index is 0.0287. The molecular weight excluding hydrogens is 228 g/mol. The Morgan fingerprint density at radius 1 is 1.39 bits per heavy atom. The number of pyridine rings is 1. The SMILES string of the molecule is CN(C(=O)c1cccc(NN)n1)C1CCCCC1. The summed E-state index contributed by atoms with van der Waals surface area (Å²) in [4.78, 5) is 18.3. The Balaban J connectivity index is 2.09. The van der Waals surface area contributed by atoms with Crippen LogP contribution in [0, 0.1) is 0 Å². The monoisotopic (exact) mass is 248 g/mol. The number of nitrogen functional groups attached to an aromatic ring is 1. The van der Waals surface area contributed by atoms with Crippen LogP contribution in [-0.4, -0.2) is 28.9 Å². The van der Waals surface area contributed by atoms with E-state index < -0.39 is 0 Å². The van der Waals surface area contributed by atoms with Gasteiger partial charge in [-0.25, -0.2) is 10.8 Å². The summed E-state index contributed by atoms with van der Waals surface area (Å²) in [7, 11) is 1.86. The van der Waals surface area contributed by atoms with Crippen LogP contribution in [0.5, 0.6) is 0 Å². The maximum atomic E-state index is 12.3. The van der Waals surface area contributed by atoms with Crippen molar-refractivity contribution in [1.29, 1.82) is 0 Å². The van der Waals surface area contributed by atoms with Gasteiger partial charge in [-0.2, -0.15) is 0 Å². The second-order valence-corrected chi connectivity index (χ2v) is 4.76. The Bertz CT molecular complexity index is 415. The number of hydrogen-bond donors (Lipinski definition) is 2. The van der Waals surface area contributed by atoms with Crippen molar-refractivity contribution in [2.45, 2.75) is 38.1 Å². The minimum atomic E-state index is -0.0287. The number of amides is 1. The van der Waals surface area contributed by atoms with E-state index >= 15 is 0 Å². The lowest BCUT2D eigenvalue weighted by Crippen LogP contribution is -2.38. The van der Waals surface area contributed by atoms with Crippen molar-refractivity contribution in [3.8, 4) is 0 Å². The molecule has 0 radical (unpaired) electrons. The molecule has 0 spiro atoms. The van der Waals surface area contributed by atoms with E-state index in [-0.39, 0.29) is 5.91 Å². The summed E-state index contributed by atoms with van der Waals surface area (Å²) in [5.74, 6) is 5.78. The van der Waals surface area contributed by atoms with Gasteiger partial charge in [0.2, 0.25) is 0 Å². The number of hydrazine groups is 1. The third kappa shape index (κ3) is 2.79. The summed E-state index contributed by atoms with van der Waals surface area (Å²) in [6.45, 7) is 0. The number of rotatable bonds is 3. The molecule has 1 aliphatic rings. The van der Waals surface area contributed by atoms with Crippen LogP contribution in [0.1, 0.15) is 42.6 Å². The molecule has 0 bridgehead atoms. The third-order valence-electron chi connectivity index (χ3n) is 3.56. The maximum Gasteiger partial charge on any atom is 0.272 e. The van der Waals surface area contributed by atoms with Crippen LogP contribution in [0.4, 0.5) is 5.82 Å². The fourth-order valence-corrected chi connectivity index (χ4v) is 2.45. The molecule has 98 valence electrons. The van der Waals surface area contributed by atoms with E-state index in [1.54, 1.807) is 18.2 Å². The Kier molecular flexibility index (Phi) is 4.15. The Morgan fingerprint density at radius 2 is 2.11 bits per heavy atom. The molecule has 5 heteroatoms. The number of carbonyl (C=O) groups is 1. The number of nitrogens with zero attached hydrogens (tertiary/aromatic N) is 2. The van der Waals surface area contributed by atoms with Crippen LogP contribution in [0.25, 0.3) is 0 Å². The first kappa shape index (κ1) is 12.8. The molecule has 0 atom stereocenters. The Labute approximate surface area is 107 Å². The number of anilines is 1. The number of nitrogens with two attached hydrogens (primary N) is 1. The van der Waals surface area contributed by atoms with Crippen molar-refractivity contribution in [2.24, 2.45) is 5.84 Å². The number of aromatic nitrogens is 1. The van der Waals surface area contributed by atoms with E-state index in [2.05, 4.69) is 10.4 Å². The smallest absolute Gasteiger partial charge is 0.272 e. The van der Waals surface area contributed by atoms with Gasteiger partial charge in [-0.05, 0) is 25.0 Å². The molecule has 0 aliphatic heterocycles. The second kappa shape index (κ2) is 5.82. The van der Waals surface area contributed by atoms with Gasteiger partial charge in [-0.15, -0.1) is 0 Å². The first-order chi connectivity index (χ1) is 8.72. The molecule has 0 aromatic carbocycles. The van der Waals surface area contributed by atoms with Crippen molar-refractivity contribution in [3.63, 3.8) is 0 Å². The zero-order chi connectivity index (χ0) is 13.0. The average Bonchev–Trinajstić information content (AvgIpc) is 2.46. The van der Waals surface area contributed by atoms with Gasteiger partial charge in [-0.3, -0.25) is 4.79 Å². The lowest BCUT2D eigenvalue weighted by atomic mass is 9.94. The zero-order valence-corrected chi connectivity index (χ0v) is 10.7. The highest BCUT2D eigenvalue weighted by molar-refractivity contribution is 5.92. The molecule has 3 N–H and O–H groups in total. The van der Waals surface area contributed by atoms with E-state index in [0.717, 1.165) is 12.8 Å². The molecule has 1 aromatic heterocycles. The molecule has 1 fully saturated rings. The van der Waals surface area contributed by atoms with E-state index in [1.165, 1.54) is 19.3 Å². The summed E-state index contributed by atoms with van der Waals surface area (Å²) >= 11 is 0. The molecule has 1 aliphatic carbocycles. The summed E-state index contributed by atoms with van der Waals surface area (Å²) in [5.41, 5.74) is 2.90. The van der Waals surface area contributed by atoms with E-state index in [1.807, 2.05) is 11.9 Å². The van der Waals surface area contributed by atoms with Crippen molar-refractivity contribution < 1.29 is 4.79 Å². The van der Waals surface area contributed by atoms with Gasteiger partial charge in [0, 0.05) is 13.1 Å². The topological polar surface area (TPSA) is 71.2 Å². The quantitative estimate of drug-likeness (QED) is 0.631. The van der Waals surface area contributed by atoms with Gasteiger partial charge in [-0.1, -0.05) is 25.3 Å². The molecular formula is C13H20N4O. The molecule has 0 unspecified atom stereocenters. The van der Waals surface area contributed by atoms with Crippen LogP contribution in [0.15, 0.2) is 18.2 Å². The molecule has 2 rings (SSSR count). The molecule has 1 saturated carbocycles. The molecule has 1 aromatic rings. The van der Waals surface area contributed by atoms with Gasteiger partial charge < -0.3 is 10.3 Å². The first-order valence-electron chi connectivity index (χ1n) is 6.43. The van der Waals surface area contributed by atoms with Gasteiger partial charge in [0.05, 0.1) is 0 Å². The van der Waals surface area contributed by atoms with Crippen molar-refractivity contribution in [1.82, 2.24) is 9.88 Å². The van der Waals surface area contributed by atoms with Crippen molar-refractivity contribution in [3.05, 3.63) is 23.9 Å². The van der Waals surface area contributed by atoms with Crippen LogP contribution in [-0.2, 0) is 0 Å². The Morgan fingerprint density at radius 3 is 2.78 bits per heavy atom. The zero-order valence-electron chi connectivity index (χ0n) is 10.7.